The zero-order chi connectivity index (χ0) is 22.4. The van der Waals surface area contributed by atoms with Crippen molar-refractivity contribution in [3.63, 3.8) is 0 Å². The molecule has 5 rings (SSSR count). The Morgan fingerprint density at radius 2 is 1.97 bits per heavy atom. The number of benzene rings is 2. The number of aromatic nitrogens is 1. The molecule has 1 aliphatic heterocycles. The van der Waals surface area contributed by atoms with Crippen molar-refractivity contribution in [2.24, 2.45) is 0 Å². The number of hydrogen-bond donors (Lipinski definition) is 0. The van der Waals surface area contributed by atoms with E-state index in [4.69, 9.17) is 20.8 Å². The molecule has 2 aromatic carbocycles. The van der Waals surface area contributed by atoms with Gasteiger partial charge in [0, 0.05) is 11.2 Å². The van der Waals surface area contributed by atoms with Gasteiger partial charge in [-0.25, -0.2) is 4.98 Å². The maximum absolute atomic E-state index is 13.6. The van der Waals surface area contributed by atoms with E-state index in [1.165, 1.54) is 4.90 Å². The van der Waals surface area contributed by atoms with Crippen LogP contribution in [0.3, 0.4) is 0 Å². The first-order valence-corrected chi connectivity index (χ1v) is 10.6. The van der Waals surface area contributed by atoms with Crippen molar-refractivity contribution in [1.82, 2.24) is 4.98 Å². The number of ether oxygens (including phenoxy) is 1. The van der Waals surface area contributed by atoms with Crippen molar-refractivity contribution in [3.05, 3.63) is 98.5 Å². The molecule has 0 aliphatic carbocycles. The van der Waals surface area contributed by atoms with Crippen LogP contribution in [0.4, 0.5) is 5.82 Å². The summed E-state index contributed by atoms with van der Waals surface area (Å²) in [5, 5.41) is 0.745. The molecule has 1 amide bonds. The Labute approximate surface area is 189 Å². The second-order valence-electron chi connectivity index (χ2n) is 7.59. The number of anilines is 1. The molecule has 4 aromatic rings. The van der Waals surface area contributed by atoms with Crippen LogP contribution in [0, 0.1) is 6.92 Å². The molecule has 0 fully saturated rings. The lowest BCUT2D eigenvalue weighted by Crippen LogP contribution is -2.30. The lowest BCUT2D eigenvalue weighted by atomic mass is 9.98. The van der Waals surface area contributed by atoms with E-state index in [0.29, 0.717) is 34.2 Å². The minimum absolute atomic E-state index is 0.0130. The van der Waals surface area contributed by atoms with E-state index in [9.17, 15) is 9.59 Å². The van der Waals surface area contributed by atoms with Gasteiger partial charge < -0.3 is 9.15 Å². The molecule has 2 aromatic heterocycles. The van der Waals surface area contributed by atoms with Gasteiger partial charge in [0.2, 0.25) is 5.76 Å². The summed E-state index contributed by atoms with van der Waals surface area (Å²) in [4.78, 5) is 33.1. The highest BCUT2D eigenvalue weighted by molar-refractivity contribution is 6.31. The standard InChI is InChI=1S/C25H19ClN2O4/c1-3-31-17-6-4-5-15(11-17)22-21-23(29)18-12-16(26)8-9-19(18)32-24(21)25(30)28(22)20-10-7-14(2)13-27-20/h4-13,22H,3H2,1-2H3. The van der Waals surface area contributed by atoms with Crippen LogP contribution in [0.5, 0.6) is 5.75 Å². The molecule has 3 heterocycles. The molecule has 0 radical (unpaired) electrons. The molecule has 0 bridgehead atoms. The Balaban J connectivity index is 1.79. The van der Waals surface area contributed by atoms with E-state index >= 15 is 0 Å². The van der Waals surface area contributed by atoms with Gasteiger partial charge in [0.1, 0.15) is 17.2 Å². The molecule has 0 saturated heterocycles. The molecule has 7 heteroatoms. The highest BCUT2D eigenvalue weighted by Crippen LogP contribution is 2.41. The largest absolute Gasteiger partial charge is 0.494 e. The highest BCUT2D eigenvalue weighted by atomic mass is 35.5. The maximum atomic E-state index is 13.6. The number of fused-ring (bicyclic) bond motifs is 2. The van der Waals surface area contributed by atoms with Crippen LogP contribution < -0.4 is 15.1 Å². The van der Waals surface area contributed by atoms with E-state index in [-0.39, 0.29) is 16.8 Å². The van der Waals surface area contributed by atoms with Gasteiger partial charge in [0.25, 0.3) is 5.91 Å². The van der Waals surface area contributed by atoms with Crippen molar-refractivity contribution in [2.45, 2.75) is 19.9 Å². The van der Waals surface area contributed by atoms with Crippen molar-refractivity contribution < 1.29 is 13.9 Å². The molecule has 1 atom stereocenters. The monoisotopic (exact) mass is 446 g/mol. The maximum Gasteiger partial charge on any atom is 0.296 e. The minimum Gasteiger partial charge on any atom is -0.494 e. The van der Waals surface area contributed by atoms with Crippen LogP contribution in [0.2, 0.25) is 5.02 Å². The Bertz CT molecular complexity index is 1410. The zero-order valence-electron chi connectivity index (χ0n) is 17.5. The van der Waals surface area contributed by atoms with Crippen LogP contribution in [0.1, 0.15) is 40.2 Å². The fourth-order valence-corrected chi connectivity index (χ4v) is 4.21. The first kappa shape index (κ1) is 20.3. The van der Waals surface area contributed by atoms with E-state index < -0.39 is 11.9 Å². The molecule has 0 spiro atoms. The molecule has 32 heavy (non-hydrogen) atoms. The fraction of sp³-hybridized carbons (Fsp3) is 0.160. The van der Waals surface area contributed by atoms with E-state index in [1.54, 1.807) is 30.5 Å². The van der Waals surface area contributed by atoms with Crippen LogP contribution in [0.25, 0.3) is 11.0 Å². The third-order valence-corrected chi connectivity index (χ3v) is 5.69. The third-order valence-electron chi connectivity index (χ3n) is 5.46. The summed E-state index contributed by atoms with van der Waals surface area (Å²) in [6.07, 6.45) is 1.69. The van der Waals surface area contributed by atoms with Gasteiger partial charge in [-0.05, 0) is 61.4 Å². The summed E-state index contributed by atoms with van der Waals surface area (Å²) in [6, 6.07) is 15.1. The number of rotatable bonds is 4. The van der Waals surface area contributed by atoms with Crippen molar-refractivity contribution >= 4 is 34.3 Å². The third kappa shape index (κ3) is 3.24. The number of carbonyl (C=O) groups excluding carboxylic acids is 1. The normalized spacial score (nSPS) is 15.3. The van der Waals surface area contributed by atoms with Crippen LogP contribution in [-0.4, -0.2) is 17.5 Å². The number of carbonyl (C=O) groups is 1. The summed E-state index contributed by atoms with van der Waals surface area (Å²) in [7, 11) is 0. The Kier molecular flexibility index (Phi) is 4.94. The van der Waals surface area contributed by atoms with Crippen LogP contribution in [0.15, 0.2) is 70.0 Å². The number of amides is 1. The van der Waals surface area contributed by atoms with E-state index in [0.717, 1.165) is 11.1 Å². The quantitative estimate of drug-likeness (QED) is 0.425. The summed E-state index contributed by atoms with van der Waals surface area (Å²) in [6.45, 7) is 4.31. The van der Waals surface area contributed by atoms with Gasteiger partial charge >= 0.3 is 0 Å². The number of pyridine rings is 1. The second kappa shape index (κ2) is 7.80. The number of hydrogen-bond acceptors (Lipinski definition) is 5. The van der Waals surface area contributed by atoms with Gasteiger partial charge in [-0.3, -0.25) is 14.5 Å². The lowest BCUT2D eigenvalue weighted by molar-refractivity contribution is 0.0970. The zero-order valence-corrected chi connectivity index (χ0v) is 18.2. The number of aryl methyl sites for hydroxylation is 1. The molecule has 6 nitrogen and oxygen atoms in total. The molecule has 160 valence electrons. The average Bonchev–Trinajstić information content (AvgIpc) is 3.08. The molecule has 0 saturated carbocycles. The predicted molar refractivity (Wildman–Crippen MR) is 123 cm³/mol. The first-order valence-electron chi connectivity index (χ1n) is 10.2. The first-order chi connectivity index (χ1) is 15.5. The summed E-state index contributed by atoms with van der Waals surface area (Å²) in [5.41, 5.74) is 1.97. The van der Waals surface area contributed by atoms with Crippen molar-refractivity contribution in [3.8, 4) is 5.75 Å². The number of nitrogens with zero attached hydrogens (tertiary/aromatic N) is 2. The SMILES string of the molecule is CCOc1cccc(C2c3c(oc4ccc(Cl)cc4c3=O)C(=O)N2c2ccc(C)cn2)c1. The Morgan fingerprint density at radius 1 is 1.12 bits per heavy atom. The summed E-state index contributed by atoms with van der Waals surface area (Å²) in [5.74, 6) is 0.673. The molecule has 0 N–H and O–H groups in total. The van der Waals surface area contributed by atoms with Crippen LogP contribution >= 0.6 is 11.6 Å². The molecular weight excluding hydrogens is 428 g/mol. The predicted octanol–water partition coefficient (Wildman–Crippen LogP) is 5.30. The molecular formula is C25H19ClN2O4. The van der Waals surface area contributed by atoms with E-state index in [1.807, 2.05) is 44.2 Å². The number of halogens is 1. The average molecular weight is 447 g/mol. The Hall–Kier alpha value is -3.64. The van der Waals surface area contributed by atoms with Gasteiger partial charge in [0.15, 0.2) is 5.43 Å². The summed E-state index contributed by atoms with van der Waals surface area (Å²) >= 11 is 6.13. The van der Waals surface area contributed by atoms with Gasteiger partial charge in [0.05, 0.1) is 23.6 Å². The topological polar surface area (TPSA) is 72.6 Å². The van der Waals surface area contributed by atoms with Gasteiger partial charge in [-0.15, -0.1) is 0 Å². The second-order valence-corrected chi connectivity index (χ2v) is 8.03. The lowest BCUT2D eigenvalue weighted by Gasteiger charge is -2.24. The van der Waals surface area contributed by atoms with Crippen LogP contribution in [-0.2, 0) is 0 Å². The van der Waals surface area contributed by atoms with Crippen molar-refractivity contribution in [2.75, 3.05) is 11.5 Å². The summed E-state index contributed by atoms with van der Waals surface area (Å²) < 4.78 is 11.6. The molecule has 1 unspecified atom stereocenters. The van der Waals surface area contributed by atoms with Gasteiger partial charge in [-0.2, -0.15) is 0 Å². The van der Waals surface area contributed by atoms with Crippen molar-refractivity contribution in [1.29, 1.82) is 0 Å². The molecule has 1 aliphatic rings. The minimum atomic E-state index is -0.715. The smallest absolute Gasteiger partial charge is 0.296 e. The highest BCUT2D eigenvalue weighted by Gasteiger charge is 2.44. The van der Waals surface area contributed by atoms with E-state index in [2.05, 4.69) is 4.98 Å². The van der Waals surface area contributed by atoms with Gasteiger partial charge in [-0.1, -0.05) is 29.8 Å². The Morgan fingerprint density at radius 3 is 2.72 bits per heavy atom. The fourth-order valence-electron chi connectivity index (χ4n) is 4.04.